The fourth-order valence-electron chi connectivity index (χ4n) is 8.71. The summed E-state index contributed by atoms with van der Waals surface area (Å²) in [5, 5.41) is 0. The monoisotopic (exact) mass is 862 g/mol. The Kier molecular flexibility index (Phi) is 16.2. The molecule has 0 radical (unpaired) electrons. The third-order valence-corrected chi connectivity index (χ3v) is 12.3. The molecule has 0 bridgehead atoms. The molecule has 7 atom stereocenters. The number of hydrogen-bond donors (Lipinski definition) is 0. The van der Waals surface area contributed by atoms with Crippen LogP contribution in [0, 0.1) is 17.8 Å². The predicted molar refractivity (Wildman–Crippen MR) is 233 cm³/mol. The van der Waals surface area contributed by atoms with E-state index in [0.29, 0.717) is 43.3 Å². The van der Waals surface area contributed by atoms with Gasteiger partial charge in [0.05, 0.1) is 25.3 Å². The first-order valence-corrected chi connectivity index (χ1v) is 22.4. The summed E-state index contributed by atoms with van der Waals surface area (Å²) < 4.78 is 11.6. The summed E-state index contributed by atoms with van der Waals surface area (Å²) in [5.41, 5.74) is 5.27. The van der Waals surface area contributed by atoms with Crippen LogP contribution in [0.3, 0.4) is 0 Å². The van der Waals surface area contributed by atoms with Gasteiger partial charge in [-0.15, -0.1) is 0 Å². The van der Waals surface area contributed by atoms with Crippen LogP contribution in [0.15, 0.2) is 119 Å². The van der Waals surface area contributed by atoms with Crippen molar-refractivity contribution in [3.63, 3.8) is 0 Å². The Morgan fingerprint density at radius 2 is 1.32 bits per heavy atom. The number of fused-ring (bicyclic) bond motifs is 2. The summed E-state index contributed by atoms with van der Waals surface area (Å²) in [6.07, 6.45) is 6.96. The molecule has 1 saturated carbocycles. The van der Waals surface area contributed by atoms with Crippen molar-refractivity contribution < 1.29 is 53.4 Å². The number of carbonyl (C=O) groups is 1. The van der Waals surface area contributed by atoms with Crippen molar-refractivity contribution in [1.82, 2.24) is 0 Å². The van der Waals surface area contributed by atoms with E-state index in [-0.39, 0.29) is 37.9 Å². The minimum Gasteiger partial charge on any atom is -0.482 e. The number of unbranched alkanes of at least 4 members (excludes halogenated alkanes) is 2. The SMILES string of the molecule is CCCCCC(CCC1C(OOC2CN=C2OOCc2ccccc2)CC2Cc3c(cccc3OCC(=O)OCc3ccccc3)CC21)OOC1CN=C1OOCc1ccccc1. The first-order valence-electron chi connectivity index (χ1n) is 22.4. The Labute approximate surface area is 369 Å². The van der Waals surface area contributed by atoms with E-state index in [1.54, 1.807) is 0 Å². The molecule has 4 aromatic carbocycles. The van der Waals surface area contributed by atoms with Crippen LogP contribution in [0.5, 0.6) is 5.75 Å². The maximum Gasteiger partial charge on any atom is 0.344 e. The van der Waals surface area contributed by atoms with Crippen LogP contribution in [0.25, 0.3) is 0 Å². The Morgan fingerprint density at radius 1 is 0.683 bits per heavy atom. The highest BCUT2D eigenvalue weighted by molar-refractivity contribution is 5.85. The molecule has 334 valence electrons. The highest BCUT2D eigenvalue weighted by Crippen LogP contribution is 2.50. The molecule has 0 saturated heterocycles. The van der Waals surface area contributed by atoms with Crippen molar-refractivity contribution in [3.05, 3.63) is 137 Å². The zero-order valence-corrected chi connectivity index (χ0v) is 35.9. The van der Waals surface area contributed by atoms with Gasteiger partial charge < -0.3 is 19.2 Å². The Hall–Kier alpha value is -5.15. The number of esters is 1. The maximum absolute atomic E-state index is 12.7. The summed E-state index contributed by atoms with van der Waals surface area (Å²) in [6.45, 7) is 3.70. The van der Waals surface area contributed by atoms with Crippen LogP contribution in [0.1, 0.15) is 79.7 Å². The smallest absolute Gasteiger partial charge is 0.344 e. The van der Waals surface area contributed by atoms with Gasteiger partial charge in [0.2, 0.25) is 0 Å². The molecule has 0 N–H and O–H groups in total. The maximum atomic E-state index is 12.7. The third kappa shape index (κ3) is 12.5. The van der Waals surface area contributed by atoms with Crippen LogP contribution >= 0.6 is 0 Å². The van der Waals surface area contributed by atoms with Gasteiger partial charge in [-0.1, -0.05) is 129 Å². The lowest BCUT2D eigenvalue weighted by Crippen LogP contribution is -2.40. The van der Waals surface area contributed by atoms with Crippen molar-refractivity contribution in [3.8, 4) is 5.75 Å². The molecule has 2 aliphatic carbocycles. The Morgan fingerprint density at radius 3 is 1.94 bits per heavy atom. The summed E-state index contributed by atoms with van der Waals surface area (Å²) in [4.78, 5) is 68.0. The normalized spacial score (nSPS) is 22.6. The van der Waals surface area contributed by atoms with Gasteiger partial charge >= 0.3 is 5.97 Å². The van der Waals surface area contributed by atoms with Gasteiger partial charge in [0, 0.05) is 0 Å². The highest BCUT2D eigenvalue weighted by Gasteiger charge is 2.48. The quantitative estimate of drug-likeness (QED) is 0.0289. The van der Waals surface area contributed by atoms with E-state index in [9.17, 15) is 4.79 Å². The van der Waals surface area contributed by atoms with Crippen LogP contribution in [0.2, 0.25) is 0 Å². The minimum absolute atomic E-state index is 0.137. The molecule has 13 heteroatoms. The fraction of sp³-hybridized carbons (Fsp3) is 0.460. The number of aliphatic imine (C=N–C) groups is 2. The van der Waals surface area contributed by atoms with E-state index >= 15 is 0 Å². The molecule has 2 aliphatic heterocycles. The molecule has 13 nitrogen and oxygen atoms in total. The summed E-state index contributed by atoms with van der Waals surface area (Å²) in [6, 6.07) is 35.4. The molecule has 4 aromatic rings. The van der Waals surface area contributed by atoms with Gasteiger partial charge in [0.15, 0.2) is 18.8 Å². The van der Waals surface area contributed by atoms with E-state index < -0.39 is 18.2 Å². The summed E-state index contributed by atoms with van der Waals surface area (Å²) in [7, 11) is 0. The molecular weight excluding hydrogens is 805 g/mol. The molecule has 0 spiro atoms. The topological polar surface area (TPSA) is 134 Å². The van der Waals surface area contributed by atoms with E-state index in [4.69, 9.17) is 48.6 Å². The lowest BCUT2D eigenvalue weighted by Gasteiger charge is -2.33. The Balaban J connectivity index is 0.891. The van der Waals surface area contributed by atoms with Gasteiger partial charge in [0.25, 0.3) is 11.8 Å². The number of benzene rings is 4. The van der Waals surface area contributed by atoms with Crippen LogP contribution in [0.4, 0.5) is 0 Å². The number of hydrogen-bond acceptors (Lipinski definition) is 13. The van der Waals surface area contributed by atoms with Gasteiger partial charge in [-0.25, -0.2) is 34.3 Å². The minimum atomic E-state index is -0.460. The summed E-state index contributed by atoms with van der Waals surface area (Å²) >= 11 is 0. The van der Waals surface area contributed by atoms with Gasteiger partial charge in [0.1, 0.15) is 25.6 Å². The molecule has 0 aromatic heterocycles. The Bertz CT molecular complexity index is 2090. The number of nitrogens with zero attached hydrogens (tertiary/aromatic N) is 2. The average molecular weight is 863 g/mol. The fourth-order valence-corrected chi connectivity index (χ4v) is 8.71. The van der Waals surface area contributed by atoms with Gasteiger partial charge in [-0.3, -0.25) is 0 Å². The third-order valence-electron chi connectivity index (χ3n) is 12.3. The van der Waals surface area contributed by atoms with Crippen LogP contribution < -0.4 is 4.74 Å². The van der Waals surface area contributed by atoms with E-state index in [1.165, 1.54) is 5.56 Å². The number of carbonyl (C=O) groups excluding carboxylic acids is 1. The van der Waals surface area contributed by atoms with Gasteiger partial charge in [-0.05, 0) is 90.2 Å². The predicted octanol–water partition coefficient (Wildman–Crippen LogP) is 9.01. The molecular formula is C50H58N2O11. The first-order chi connectivity index (χ1) is 31.1. The number of rotatable bonds is 24. The van der Waals surface area contributed by atoms with Crippen molar-refractivity contribution >= 4 is 17.8 Å². The first kappa shape index (κ1) is 44.5. The van der Waals surface area contributed by atoms with Crippen molar-refractivity contribution in [2.45, 2.75) is 109 Å². The molecule has 63 heavy (non-hydrogen) atoms. The van der Waals surface area contributed by atoms with Crippen molar-refractivity contribution in [1.29, 1.82) is 0 Å². The second kappa shape index (κ2) is 23.0. The van der Waals surface area contributed by atoms with E-state index in [0.717, 1.165) is 85.8 Å². The molecule has 7 unspecified atom stereocenters. The largest absolute Gasteiger partial charge is 0.482 e. The van der Waals surface area contributed by atoms with Crippen molar-refractivity contribution in [2.75, 3.05) is 19.7 Å². The van der Waals surface area contributed by atoms with Gasteiger partial charge in [-0.2, -0.15) is 9.78 Å². The standard InChI is InChI=1S/C50H58N2O11/c1-2-3-7-22-40(58-60-46-29-51-49(46)62-56-32-36-17-10-5-11-18-36)24-25-41-42-26-38-21-14-23-44(54-34-48(53)55-31-35-15-8-4-9-16-35)43(38)27-39(42)28-45(41)59-61-47-30-52-50(47)63-57-33-37-19-12-6-13-20-37/h4-6,8-21,23,39-42,45-47H,2-3,7,22,24-34H2,1H3. The lowest BCUT2D eigenvalue weighted by molar-refractivity contribution is -0.357. The lowest BCUT2D eigenvalue weighted by atomic mass is 9.73. The zero-order valence-electron chi connectivity index (χ0n) is 35.9. The molecule has 0 amide bonds. The average Bonchev–Trinajstić information content (AvgIpc) is 3.64. The van der Waals surface area contributed by atoms with E-state index in [1.807, 2.05) is 103 Å². The van der Waals surface area contributed by atoms with Crippen LogP contribution in [-0.2, 0) is 81.3 Å². The highest BCUT2D eigenvalue weighted by atomic mass is 17.2. The zero-order chi connectivity index (χ0) is 43.1. The van der Waals surface area contributed by atoms with Crippen LogP contribution in [-0.4, -0.2) is 61.9 Å². The molecule has 4 aliphatic rings. The molecule has 2 heterocycles. The molecule has 1 fully saturated rings. The second-order valence-corrected chi connectivity index (χ2v) is 16.7. The number of ether oxygens (including phenoxy) is 2. The van der Waals surface area contributed by atoms with E-state index in [2.05, 4.69) is 23.0 Å². The van der Waals surface area contributed by atoms with Crippen molar-refractivity contribution in [2.24, 2.45) is 27.7 Å². The second-order valence-electron chi connectivity index (χ2n) is 16.7. The summed E-state index contributed by atoms with van der Waals surface area (Å²) in [5.74, 6) is 1.86. The molecule has 8 rings (SSSR count).